The summed E-state index contributed by atoms with van der Waals surface area (Å²) in [7, 11) is 0. The SMILES string of the molecule is CC1=C(C(=O)Nc2ccccc2C(F)(F)F)C(c2ccc(C#N)cc2)NC(=O)N1c1ccccc1. The lowest BCUT2D eigenvalue weighted by molar-refractivity contribution is -0.137. The van der Waals surface area contributed by atoms with Gasteiger partial charge in [0.1, 0.15) is 0 Å². The molecule has 3 aromatic carbocycles. The van der Waals surface area contributed by atoms with E-state index in [1.165, 1.54) is 35.2 Å². The average molecular weight is 476 g/mol. The van der Waals surface area contributed by atoms with Gasteiger partial charge in [0.15, 0.2) is 0 Å². The van der Waals surface area contributed by atoms with Gasteiger partial charge in [-0.1, -0.05) is 42.5 Å². The molecule has 0 aromatic heterocycles. The molecule has 1 heterocycles. The summed E-state index contributed by atoms with van der Waals surface area (Å²) in [5.74, 6) is -0.797. The number of hydrogen-bond acceptors (Lipinski definition) is 3. The van der Waals surface area contributed by atoms with Crippen LogP contribution in [0.4, 0.5) is 29.3 Å². The molecular formula is C26H19F3N4O2. The van der Waals surface area contributed by atoms with Gasteiger partial charge in [-0.25, -0.2) is 4.79 Å². The Bertz CT molecular complexity index is 1340. The van der Waals surface area contributed by atoms with Gasteiger partial charge >= 0.3 is 12.2 Å². The number of carbonyl (C=O) groups is 2. The number of nitrogens with zero attached hydrogens (tertiary/aromatic N) is 2. The molecule has 0 fully saturated rings. The van der Waals surface area contributed by atoms with Crippen molar-refractivity contribution in [1.82, 2.24) is 5.32 Å². The number of carbonyl (C=O) groups excluding carboxylic acids is 2. The Labute approximate surface area is 199 Å². The molecule has 6 nitrogen and oxygen atoms in total. The predicted molar refractivity (Wildman–Crippen MR) is 124 cm³/mol. The molecule has 0 radical (unpaired) electrons. The summed E-state index contributed by atoms with van der Waals surface area (Å²) in [6, 6.07) is 20.1. The van der Waals surface area contributed by atoms with Crippen molar-refractivity contribution in [3.8, 4) is 6.07 Å². The number of benzene rings is 3. The van der Waals surface area contributed by atoms with E-state index in [4.69, 9.17) is 5.26 Å². The minimum absolute atomic E-state index is 0.0649. The van der Waals surface area contributed by atoms with E-state index < -0.39 is 35.4 Å². The number of anilines is 2. The molecular weight excluding hydrogens is 457 g/mol. The summed E-state index contributed by atoms with van der Waals surface area (Å²) in [4.78, 5) is 27.8. The molecule has 0 spiro atoms. The van der Waals surface area contributed by atoms with Crippen LogP contribution in [-0.4, -0.2) is 11.9 Å². The van der Waals surface area contributed by atoms with Crippen molar-refractivity contribution in [1.29, 1.82) is 5.26 Å². The zero-order chi connectivity index (χ0) is 25.2. The summed E-state index contributed by atoms with van der Waals surface area (Å²) in [6.07, 6.45) is -4.67. The van der Waals surface area contributed by atoms with E-state index in [-0.39, 0.29) is 11.3 Å². The number of para-hydroxylation sites is 2. The van der Waals surface area contributed by atoms with Crippen LogP contribution in [0.2, 0.25) is 0 Å². The Morgan fingerprint density at radius 1 is 1.00 bits per heavy atom. The molecule has 35 heavy (non-hydrogen) atoms. The van der Waals surface area contributed by atoms with E-state index in [1.54, 1.807) is 49.4 Å². The van der Waals surface area contributed by atoms with E-state index in [0.717, 1.165) is 6.07 Å². The molecule has 1 unspecified atom stereocenters. The normalized spacial score (nSPS) is 15.9. The minimum Gasteiger partial charge on any atom is -0.326 e. The van der Waals surface area contributed by atoms with Gasteiger partial charge in [0.05, 0.1) is 40.2 Å². The summed E-state index contributed by atoms with van der Waals surface area (Å²) in [5, 5.41) is 14.2. The van der Waals surface area contributed by atoms with Crippen LogP contribution in [0.5, 0.6) is 0 Å². The topological polar surface area (TPSA) is 85.2 Å². The van der Waals surface area contributed by atoms with E-state index in [0.29, 0.717) is 16.8 Å². The van der Waals surface area contributed by atoms with Crippen LogP contribution in [0.15, 0.2) is 90.1 Å². The second-order valence-corrected chi connectivity index (χ2v) is 7.78. The molecule has 0 saturated carbocycles. The van der Waals surface area contributed by atoms with Gasteiger partial charge in [0.2, 0.25) is 0 Å². The first kappa shape index (κ1) is 23.6. The minimum atomic E-state index is -4.67. The molecule has 3 aromatic rings. The third-order valence-corrected chi connectivity index (χ3v) is 5.60. The van der Waals surface area contributed by atoms with Crippen LogP contribution in [-0.2, 0) is 11.0 Å². The summed E-state index contributed by atoms with van der Waals surface area (Å²) in [6.45, 7) is 1.56. The lowest BCUT2D eigenvalue weighted by Crippen LogP contribution is -2.48. The van der Waals surface area contributed by atoms with Crippen LogP contribution in [0.1, 0.15) is 29.7 Å². The Morgan fingerprint density at radius 2 is 1.63 bits per heavy atom. The highest BCUT2D eigenvalue weighted by atomic mass is 19.4. The zero-order valence-corrected chi connectivity index (χ0v) is 18.4. The summed E-state index contributed by atoms with van der Waals surface area (Å²) in [5.41, 5.74) is 0.313. The van der Waals surface area contributed by atoms with Crippen LogP contribution in [0.3, 0.4) is 0 Å². The van der Waals surface area contributed by atoms with Gasteiger partial charge in [-0.2, -0.15) is 18.4 Å². The Kier molecular flexibility index (Phi) is 6.30. The fourth-order valence-corrected chi connectivity index (χ4v) is 3.95. The monoisotopic (exact) mass is 476 g/mol. The van der Waals surface area contributed by atoms with Gasteiger partial charge in [-0.3, -0.25) is 9.69 Å². The highest BCUT2D eigenvalue weighted by molar-refractivity contribution is 6.10. The number of urea groups is 1. The first-order valence-corrected chi connectivity index (χ1v) is 10.5. The van der Waals surface area contributed by atoms with E-state index >= 15 is 0 Å². The van der Waals surface area contributed by atoms with Crippen LogP contribution < -0.4 is 15.5 Å². The van der Waals surface area contributed by atoms with E-state index in [9.17, 15) is 22.8 Å². The van der Waals surface area contributed by atoms with Crippen molar-refractivity contribution < 1.29 is 22.8 Å². The fraction of sp³-hybridized carbons (Fsp3) is 0.115. The fourth-order valence-electron chi connectivity index (χ4n) is 3.95. The number of hydrogen-bond donors (Lipinski definition) is 2. The largest absolute Gasteiger partial charge is 0.418 e. The molecule has 4 rings (SSSR count). The number of halogens is 3. The van der Waals surface area contributed by atoms with Gasteiger partial charge in [-0.05, 0) is 48.9 Å². The lowest BCUT2D eigenvalue weighted by Gasteiger charge is -2.36. The van der Waals surface area contributed by atoms with Gasteiger partial charge in [-0.15, -0.1) is 0 Å². The number of amides is 3. The molecule has 2 N–H and O–H groups in total. The van der Waals surface area contributed by atoms with Crippen molar-refractivity contribution in [2.75, 3.05) is 10.2 Å². The maximum atomic E-state index is 13.5. The zero-order valence-electron chi connectivity index (χ0n) is 18.4. The number of alkyl halides is 3. The maximum Gasteiger partial charge on any atom is 0.418 e. The maximum absolute atomic E-state index is 13.5. The molecule has 3 amide bonds. The lowest BCUT2D eigenvalue weighted by atomic mass is 9.93. The molecule has 176 valence electrons. The van der Waals surface area contributed by atoms with Gasteiger partial charge < -0.3 is 10.6 Å². The second-order valence-electron chi connectivity index (χ2n) is 7.78. The Hall–Kier alpha value is -4.58. The molecule has 0 aliphatic carbocycles. The van der Waals surface area contributed by atoms with E-state index in [2.05, 4.69) is 10.6 Å². The summed E-state index contributed by atoms with van der Waals surface area (Å²) < 4.78 is 40.5. The van der Waals surface area contributed by atoms with Crippen LogP contribution in [0.25, 0.3) is 0 Å². The predicted octanol–water partition coefficient (Wildman–Crippen LogP) is 5.76. The third kappa shape index (κ3) is 4.73. The molecule has 1 aliphatic rings. The van der Waals surface area contributed by atoms with Gasteiger partial charge in [0, 0.05) is 5.70 Å². The highest BCUT2D eigenvalue weighted by Crippen LogP contribution is 2.37. The highest BCUT2D eigenvalue weighted by Gasteiger charge is 2.38. The van der Waals surface area contributed by atoms with Crippen molar-refractivity contribution in [3.05, 3.63) is 107 Å². The number of allylic oxidation sites excluding steroid dienone is 1. The first-order chi connectivity index (χ1) is 16.7. The van der Waals surface area contributed by atoms with E-state index in [1.807, 2.05) is 6.07 Å². The second kappa shape index (κ2) is 9.35. The van der Waals surface area contributed by atoms with Crippen molar-refractivity contribution in [2.24, 2.45) is 0 Å². The molecule has 0 saturated heterocycles. The number of nitriles is 1. The number of rotatable bonds is 4. The van der Waals surface area contributed by atoms with Crippen LogP contribution in [0, 0.1) is 11.3 Å². The third-order valence-electron chi connectivity index (χ3n) is 5.60. The Balaban J connectivity index is 1.82. The number of nitrogens with one attached hydrogen (secondary N) is 2. The molecule has 1 atom stereocenters. The standard InChI is InChI=1S/C26H19F3N4O2/c1-16-22(24(34)31-21-10-6-5-9-20(21)26(27,28)29)23(18-13-11-17(15-30)12-14-18)32-25(35)33(16)19-7-3-2-4-8-19/h2-14,23H,1H3,(H,31,34)(H,32,35). The van der Waals surface area contributed by atoms with Crippen LogP contribution >= 0.6 is 0 Å². The van der Waals surface area contributed by atoms with Crippen molar-refractivity contribution >= 4 is 23.3 Å². The first-order valence-electron chi connectivity index (χ1n) is 10.5. The smallest absolute Gasteiger partial charge is 0.326 e. The molecule has 0 bridgehead atoms. The Morgan fingerprint density at radius 3 is 2.26 bits per heavy atom. The molecule has 1 aliphatic heterocycles. The molecule has 9 heteroatoms. The van der Waals surface area contributed by atoms with Crippen molar-refractivity contribution in [2.45, 2.75) is 19.1 Å². The van der Waals surface area contributed by atoms with Crippen molar-refractivity contribution in [3.63, 3.8) is 0 Å². The summed E-state index contributed by atoms with van der Waals surface area (Å²) >= 11 is 0. The average Bonchev–Trinajstić information content (AvgIpc) is 2.84. The quantitative estimate of drug-likeness (QED) is 0.502. The van der Waals surface area contributed by atoms with Gasteiger partial charge in [0.25, 0.3) is 5.91 Å².